The lowest BCUT2D eigenvalue weighted by atomic mass is 9.90. The molecule has 15 heavy (non-hydrogen) atoms. The van der Waals surface area contributed by atoms with Crippen LogP contribution in [0.15, 0.2) is 0 Å². The summed E-state index contributed by atoms with van der Waals surface area (Å²) in [5.41, 5.74) is 0. The molecule has 0 spiro atoms. The molecule has 1 unspecified atom stereocenters. The molecular formula is C12H26N2O. The second-order valence-electron chi connectivity index (χ2n) is 4.58. The highest BCUT2D eigenvalue weighted by atomic mass is 16.5. The lowest BCUT2D eigenvalue weighted by Gasteiger charge is -2.33. The quantitative estimate of drug-likeness (QED) is 0.675. The molecule has 1 fully saturated rings. The van der Waals surface area contributed by atoms with E-state index in [0.717, 1.165) is 25.7 Å². The third kappa shape index (κ3) is 4.96. The zero-order valence-corrected chi connectivity index (χ0v) is 10.5. The Morgan fingerprint density at radius 2 is 2.07 bits per heavy atom. The first-order valence-electron chi connectivity index (χ1n) is 6.23. The van der Waals surface area contributed by atoms with Crippen molar-refractivity contribution in [2.24, 2.45) is 5.92 Å². The van der Waals surface area contributed by atoms with Crippen LogP contribution in [0.4, 0.5) is 0 Å². The molecule has 0 aromatic carbocycles. The van der Waals surface area contributed by atoms with E-state index in [0.29, 0.717) is 6.04 Å². The lowest BCUT2D eigenvalue weighted by molar-refractivity contribution is 0.138. The van der Waals surface area contributed by atoms with Crippen molar-refractivity contribution in [1.29, 1.82) is 0 Å². The third-order valence-corrected chi connectivity index (χ3v) is 3.39. The predicted molar refractivity (Wildman–Crippen MR) is 64.2 cm³/mol. The molecule has 0 aromatic heterocycles. The zero-order valence-electron chi connectivity index (χ0n) is 10.5. The fourth-order valence-electron chi connectivity index (χ4n) is 2.20. The lowest BCUT2D eigenvalue weighted by Crippen LogP contribution is -2.41. The van der Waals surface area contributed by atoms with Gasteiger partial charge in [0.1, 0.15) is 0 Å². The zero-order chi connectivity index (χ0) is 11.1. The first kappa shape index (κ1) is 12.9. The van der Waals surface area contributed by atoms with Gasteiger partial charge in [-0.3, -0.25) is 0 Å². The van der Waals surface area contributed by atoms with E-state index in [1.165, 1.54) is 25.9 Å². The largest absolute Gasteiger partial charge is 0.380 e. The van der Waals surface area contributed by atoms with Crippen molar-refractivity contribution in [3.8, 4) is 0 Å². The van der Waals surface area contributed by atoms with Gasteiger partial charge in [-0.25, -0.2) is 0 Å². The van der Waals surface area contributed by atoms with E-state index >= 15 is 0 Å². The number of nitrogens with zero attached hydrogens (tertiary/aromatic N) is 1. The van der Waals surface area contributed by atoms with Gasteiger partial charge < -0.3 is 15.0 Å². The highest BCUT2D eigenvalue weighted by Crippen LogP contribution is 2.19. The molecule has 0 aromatic rings. The molecule has 1 aliphatic heterocycles. The first-order valence-corrected chi connectivity index (χ1v) is 6.23. The Bertz CT molecular complexity index is 156. The SMILES string of the molecule is CCOCCNC(C)C1CCN(C)CC1. The number of likely N-dealkylation sites (tertiary alicyclic amines) is 1. The van der Waals surface area contributed by atoms with Crippen LogP contribution in [0.1, 0.15) is 26.7 Å². The molecular weight excluding hydrogens is 188 g/mol. The van der Waals surface area contributed by atoms with Gasteiger partial charge in [0.15, 0.2) is 0 Å². The molecule has 0 radical (unpaired) electrons. The Morgan fingerprint density at radius 3 is 2.67 bits per heavy atom. The van der Waals surface area contributed by atoms with Gasteiger partial charge >= 0.3 is 0 Å². The van der Waals surface area contributed by atoms with Crippen LogP contribution in [0.25, 0.3) is 0 Å². The van der Waals surface area contributed by atoms with Crippen molar-refractivity contribution in [1.82, 2.24) is 10.2 Å². The highest BCUT2D eigenvalue weighted by Gasteiger charge is 2.21. The number of hydrogen-bond acceptors (Lipinski definition) is 3. The van der Waals surface area contributed by atoms with Gasteiger partial charge in [0, 0.05) is 19.2 Å². The number of ether oxygens (including phenoxy) is 1. The highest BCUT2D eigenvalue weighted by molar-refractivity contribution is 4.78. The second-order valence-corrected chi connectivity index (χ2v) is 4.58. The molecule has 0 bridgehead atoms. The van der Waals surface area contributed by atoms with Gasteiger partial charge in [0.2, 0.25) is 0 Å². The molecule has 1 saturated heterocycles. The molecule has 1 atom stereocenters. The van der Waals surface area contributed by atoms with E-state index in [2.05, 4.69) is 24.2 Å². The molecule has 1 N–H and O–H groups in total. The minimum atomic E-state index is 0.638. The van der Waals surface area contributed by atoms with Gasteiger partial charge in [0.05, 0.1) is 6.61 Å². The Morgan fingerprint density at radius 1 is 1.40 bits per heavy atom. The normalized spacial score (nSPS) is 21.8. The van der Waals surface area contributed by atoms with E-state index in [4.69, 9.17) is 4.74 Å². The number of rotatable bonds is 6. The summed E-state index contributed by atoms with van der Waals surface area (Å²) in [6, 6.07) is 0.638. The van der Waals surface area contributed by atoms with Crippen molar-refractivity contribution in [3.05, 3.63) is 0 Å². The van der Waals surface area contributed by atoms with Crippen LogP contribution in [0.5, 0.6) is 0 Å². The molecule has 3 nitrogen and oxygen atoms in total. The maximum atomic E-state index is 5.32. The molecule has 1 aliphatic rings. The molecule has 1 rings (SSSR count). The van der Waals surface area contributed by atoms with Gasteiger partial charge in [-0.1, -0.05) is 0 Å². The Balaban J connectivity index is 2.08. The van der Waals surface area contributed by atoms with E-state index in [9.17, 15) is 0 Å². The van der Waals surface area contributed by atoms with E-state index in [1.54, 1.807) is 0 Å². The van der Waals surface area contributed by atoms with E-state index < -0.39 is 0 Å². The van der Waals surface area contributed by atoms with Gasteiger partial charge in [-0.05, 0) is 52.7 Å². The second kappa shape index (κ2) is 7.20. The topological polar surface area (TPSA) is 24.5 Å². The first-order chi connectivity index (χ1) is 7.24. The number of piperidine rings is 1. The van der Waals surface area contributed by atoms with Gasteiger partial charge in [-0.15, -0.1) is 0 Å². The molecule has 0 aliphatic carbocycles. The average Bonchev–Trinajstić information content (AvgIpc) is 2.25. The standard InChI is InChI=1S/C12H26N2O/c1-4-15-10-7-13-11(2)12-5-8-14(3)9-6-12/h11-13H,4-10H2,1-3H3. The summed E-state index contributed by atoms with van der Waals surface area (Å²) >= 11 is 0. The van der Waals surface area contributed by atoms with Crippen LogP contribution >= 0.6 is 0 Å². The maximum absolute atomic E-state index is 5.32. The van der Waals surface area contributed by atoms with Crippen LogP contribution in [-0.4, -0.2) is 50.8 Å². The molecule has 3 heteroatoms. The molecule has 0 saturated carbocycles. The Hall–Kier alpha value is -0.120. The van der Waals surface area contributed by atoms with Crippen molar-refractivity contribution in [2.75, 3.05) is 39.9 Å². The van der Waals surface area contributed by atoms with Crippen molar-refractivity contribution in [3.63, 3.8) is 0 Å². The van der Waals surface area contributed by atoms with Crippen LogP contribution in [0, 0.1) is 5.92 Å². The van der Waals surface area contributed by atoms with Gasteiger partial charge in [-0.2, -0.15) is 0 Å². The van der Waals surface area contributed by atoms with Gasteiger partial charge in [0.25, 0.3) is 0 Å². The van der Waals surface area contributed by atoms with Crippen LogP contribution in [0.3, 0.4) is 0 Å². The third-order valence-electron chi connectivity index (χ3n) is 3.39. The summed E-state index contributed by atoms with van der Waals surface area (Å²) < 4.78 is 5.32. The van der Waals surface area contributed by atoms with Crippen molar-refractivity contribution in [2.45, 2.75) is 32.7 Å². The predicted octanol–water partition coefficient (Wildman–Crippen LogP) is 1.34. The summed E-state index contributed by atoms with van der Waals surface area (Å²) in [6.45, 7) is 9.51. The van der Waals surface area contributed by atoms with Crippen molar-refractivity contribution >= 4 is 0 Å². The van der Waals surface area contributed by atoms with E-state index in [-0.39, 0.29) is 0 Å². The molecule has 90 valence electrons. The average molecular weight is 214 g/mol. The van der Waals surface area contributed by atoms with Crippen LogP contribution in [0.2, 0.25) is 0 Å². The summed E-state index contributed by atoms with van der Waals surface area (Å²) in [5, 5.41) is 3.56. The number of hydrogen-bond donors (Lipinski definition) is 1. The maximum Gasteiger partial charge on any atom is 0.0590 e. The fourth-order valence-corrected chi connectivity index (χ4v) is 2.20. The summed E-state index contributed by atoms with van der Waals surface area (Å²) in [7, 11) is 2.21. The number of nitrogens with one attached hydrogen (secondary N) is 1. The minimum absolute atomic E-state index is 0.638. The van der Waals surface area contributed by atoms with E-state index in [1.807, 2.05) is 6.92 Å². The van der Waals surface area contributed by atoms with Crippen LogP contribution in [-0.2, 0) is 4.74 Å². The summed E-state index contributed by atoms with van der Waals surface area (Å²) in [5.74, 6) is 0.850. The fraction of sp³-hybridized carbons (Fsp3) is 1.00. The summed E-state index contributed by atoms with van der Waals surface area (Å²) in [6.07, 6.45) is 2.67. The Kier molecular flexibility index (Phi) is 6.22. The monoisotopic (exact) mass is 214 g/mol. The molecule has 0 amide bonds. The van der Waals surface area contributed by atoms with Crippen LogP contribution < -0.4 is 5.32 Å². The Labute approximate surface area is 94.2 Å². The molecule has 1 heterocycles. The summed E-state index contributed by atoms with van der Waals surface area (Å²) in [4.78, 5) is 2.42. The smallest absolute Gasteiger partial charge is 0.0590 e. The van der Waals surface area contributed by atoms with Crippen molar-refractivity contribution < 1.29 is 4.74 Å². The minimum Gasteiger partial charge on any atom is -0.380 e.